The highest BCUT2D eigenvalue weighted by Gasteiger charge is 2.33. The number of Topliss-reactive ketones (excluding diaryl/α,β-unsaturated/α-hetero) is 1. The van der Waals surface area contributed by atoms with Gasteiger partial charge < -0.3 is 5.32 Å². The van der Waals surface area contributed by atoms with Crippen LogP contribution in [0, 0.1) is 5.92 Å². The Bertz CT molecular complexity index is 189. The van der Waals surface area contributed by atoms with E-state index in [2.05, 4.69) is 12.2 Å². The zero-order valence-corrected chi connectivity index (χ0v) is 6.89. The van der Waals surface area contributed by atoms with Gasteiger partial charge in [-0.1, -0.05) is 6.92 Å². The lowest BCUT2D eigenvalue weighted by Gasteiger charge is -1.99. The predicted octanol–water partition coefficient (Wildman–Crippen LogP) is 0.490. The van der Waals surface area contributed by atoms with Crippen molar-refractivity contribution in [2.24, 2.45) is 5.92 Å². The van der Waals surface area contributed by atoms with E-state index in [1.165, 1.54) is 6.92 Å². The molecule has 1 amide bonds. The molecule has 0 spiro atoms. The second-order valence-electron chi connectivity index (χ2n) is 3.27. The quantitative estimate of drug-likeness (QED) is 0.603. The van der Waals surface area contributed by atoms with Crippen molar-refractivity contribution >= 4 is 11.7 Å². The number of hydrogen-bond acceptors (Lipinski definition) is 2. The van der Waals surface area contributed by atoms with Gasteiger partial charge in [-0.2, -0.15) is 0 Å². The molecular formula is C8H13NO2. The summed E-state index contributed by atoms with van der Waals surface area (Å²) < 4.78 is 0. The van der Waals surface area contributed by atoms with Gasteiger partial charge in [0, 0.05) is 6.04 Å². The summed E-state index contributed by atoms with van der Waals surface area (Å²) in [6, 6.07) is 0.335. The molecule has 3 nitrogen and oxygen atoms in total. The van der Waals surface area contributed by atoms with Crippen LogP contribution >= 0.6 is 0 Å². The summed E-state index contributed by atoms with van der Waals surface area (Å²) in [4.78, 5) is 21.4. The molecule has 62 valence electrons. The lowest BCUT2D eigenvalue weighted by molar-refractivity contribution is -0.127. The van der Waals surface area contributed by atoms with E-state index in [4.69, 9.17) is 0 Å². The van der Waals surface area contributed by atoms with Gasteiger partial charge in [-0.15, -0.1) is 0 Å². The van der Waals surface area contributed by atoms with Crippen LogP contribution in [0.1, 0.15) is 26.7 Å². The van der Waals surface area contributed by atoms with Gasteiger partial charge >= 0.3 is 0 Å². The minimum absolute atomic E-state index is 0.0310. The molecule has 11 heavy (non-hydrogen) atoms. The number of nitrogens with one attached hydrogen (secondary N) is 1. The molecule has 0 bridgehead atoms. The lowest BCUT2D eigenvalue weighted by Crippen LogP contribution is -2.27. The number of carbonyl (C=O) groups is 2. The molecule has 0 heterocycles. The van der Waals surface area contributed by atoms with E-state index >= 15 is 0 Å². The van der Waals surface area contributed by atoms with Crippen molar-refractivity contribution in [3.63, 3.8) is 0 Å². The maximum Gasteiger partial charge on any atom is 0.227 e. The van der Waals surface area contributed by atoms with Crippen molar-refractivity contribution < 1.29 is 9.59 Å². The first-order valence-electron chi connectivity index (χ1n) is 3.88. The van der Waals surface area contributed by atoms with Crippen LogP contribution in [0.2, 0.25) is 0 Å². The number of carbonyl (C=O) groups excluding carboxylic acids is 2. The second kappa shape index (κ2) is 3.03. The Hall–Kier alpha value is -0.860. The molecule has 2 atom stereocenters. The van der Waals surface area contributed by atoms with Crippen LogP contribution in [0.5, 0.6) is 0 Å². The van der Waals surface area contributed by atoms with E-state index in [9.17, 15) is 9.59 Å². The van der Waals surface area contributed by atoms with Crippen molar-refractivity contribution in [3.05, 3.63) is 0 Å². The molecule has 0 aromatic rings. The first kappa shape index (κ1) is 8.24. The van der Waals surface area contributed by atoms with Gasteiger partial charge in [0.25, 0.3) is 0 Å². The summed E-state index contributed by atoms with van der Waals surface area (Å²) in [7, 11) is 0. The van der Waals surface area contributed by atoms with Crippen molar-refractivity contribution in [1.82, 2.24) is 5.32 Å². The van der Waals surface area contributed by atoms with Gasteiger partial charge in [-0.3, -0.25) is 9.59 Å². The molecule has 0 aromatic carbocycles. The highest BCUT2D eigenvalue weighted by Crippen LogP contribution is 2.28. The van der Waals surface area contributed by atoms with Crippen LogP contribution in [0.4, 0.5) is 0 Å². The zero-order valence-electron chi connectivity index (χ0n) is 6.89. The van der Waals surface area contributed by atoms with Gasteiger partial charge in [0.05, 0.1) is 6.42 Å². The van der Waals surface area contributed by atoms with E-state index in [0.717, 1.165) is 6.42 Å². The first-order chi connectivity index (χ1) is 5.09. The molecule has 0 aliphatic heterocycles. The van der Waals surface area contributed by atoms with E-state index in [1.54, 1.807) is 0 Å². The summed E-state index contributed by atoms with van der Waals surface area (Å²) in [5.74, 6) is 0.397. The largest absolute Gasteiger partial charge is 0.353 e. The molecule has 1 aliphatic carbocycles. The number of ketones is 1. The molecule has 1 saturated carbocycles. The zero-order chi connectivity index (χ0) is 8.43. The van der Waals surface area contributed by atoms with Crippen molar-refractivity contribution in [2.75, 3.05) is 0 Å². The Morgan fingerprint density at radius 2 is 2.09 bits per heavy atom. The standard InChI is InChI=1S/C8H13NO2/c1-5-3-7(5)9-8(11)4-6(2)10/h5,7H,3-4H2,1-2H3,(H,9,11). The maximum atomic E-state index is 10.9. The third kappa shape index (κ3) is 2.70. The molecule has 0 saturated heterocycles. The van der Waals surface area contributed by atoms with Crippen molar-refractivity contribution in [3.8, 4) is 0 Å². The SMILES string of the molecule is CC(=O)CC(=O)NC1CC1C. The summed E-state index contributed by atoms with van der Waals surface area (Å²) in [5, 5.41) is 2.78. The van der Waals surface area contributed by atoms with E-state index in [1.807, 2.05) is 0 Å². The third-order valence-corrected chi connectivity index (χ3v) is 1.87. The smallest absolute Gasteiger partial charge is 0.227 e. The summed E-state index contributed by atoms with van der Waals surface area (Å²) in [5.41, 5.74) is 0. The van der Waals surface area contributed by atoms with Crippen LogP contribution in [-0.4, -0.2) is 17.7 Å². The summed E-state index contributed by atoms with van der Waals surface area (Å²) >= 11 is 0. The van der Waals surface area contributed by atoms with E-state index < -0.39 is 0 Å². The van der Waals surface area contributed by atoms with Gasteiger partial charge in [0.1, 0.15) is 5.78 Å². The van der Waals surface area contributed by atoms with E-state index in [-0.39, 0.29) is 18.1 Å². The maximum absolute atomic E-state index is 10.9. The topological polar surface area (TPSA) is 46.2 Å². The van der Waals surface area contributed by atoms with Gasteiger partial charge in [-0.25, -0.2) is 0 Å². The first-order valence-corrected chi connectivity index (χ1v) is 3.88. The average molecular weight is 155 g/mol. The van der Waals surface area contributed by atoms with E-state index in [0.29, 0.717) is 12.0 Å². The highest BCUT2D eigenvalue weighted by atomic mass is 16.2. The van der Waals surface area contributed by atoms with Gasteiger partial charge in [0.2, 0.25) is 5.91 Å². The lowest BCUT2D eigenvalue weighted by atomic mass is 10.3. The fraction of sp³-hybridized carbons (Fsp3) is 0.750. The molecule has 0 aromatic heterocycles. The van der Waals surface area contributed by atoms with Gasteiger partial charge in [0.15, 0.2) is 0 Å². The molecule has 2 unspecified atom stereocenters. The average Bonchev–Trinajstić information content (AvgIpc) is 2.43. The van der Waals surface area contributed by atoms with Crippen LogP contribution < -0.4 is 5.32 Å². The Balaban J connectivity index is 2.16. The number of amides is 1. The van der Waals surface area contributed by atoms with Crippen LogP contribution in [0.25, 0.3) is 0 Å². The van der Waals surface area contributed by atoms with Crippen LogP contribution in [0.3, 0.4) is 0 Å². The minimum atomic E-state index is -0.133. The van der Waals surface area contributed by atoms with Gasteiger partial charge in [-0.05, 0) is 19.3 Å². The number of rotatable bonds is 3. The molecule has 1 fully saturated rings. The highest BCUT2D eigenvalue weighted by molar-refractivity contribution is 5.96. The van der Waals surface area contributed by atoms with Crippen LogP contribution in [-0.2, 0) is 9.59 Å². The van der Waals surface area contributed by atoms with Crippen molar-refractivity contribution in [2.45, 2.75) is 32.7 Å². The summed E-state index contributed by atoms with van der Waals surface area (Å²) in [6.07, 6.45) is 1.09. The molecule has 1 rings (SSSR count). The van der Waals surface area contributed by atoms with Crippen molar-refractivity contribution in [1.29, 1.82) is 0 Å². The minimum Gasteiger partial charge on any atom is -0.353 e. The Morgan fingerprint density at radius 3 is 2.45 bits per heavy atom. The molecule has 3 heteroatoms. The fourth-order valence-electron chi connectivity index (χ4n) is 1.01. The third-order valence-electron chi connectivity index (χ3n) is 1.87. The monoisotopic (exact) mass is 155 g/mol. The Labute approximate surface area is 66.2 Å². The number of hydrogen-bond donors (Lipinski definition) is 1. The Morgan fingerprint density at radius 1 is 1.55 bits per heavy atom. The molecule has 0 radical (unpaired) electrons. The molecule has 1 N–H and O–H groups in total. The second-order valence-corrected chi connectivity index (χ2v) is 3.27. The Kier molecular flexibility index (Phi) is 2.27. The predicted molar refractivity (Wildman–Crippen MR) is 41.0 cm³/mol. The fourth-order valence-corrected chi connectivity index (χ4v) is 1.01. The molecular weight excluding hydrogens is 142 g/mol. The summed E-state index contributed by atoms with van der Waals surface area (Å²) in [6.45, 7) is 3.51. The normalized spacial score (nSPS) is 27.8. The van der Waals surface area contributed by atoms with Crippen LogP contribution in [0.15, 0.2) is 0 Å². The molecule has 1 aliphatic rings.